The van der Waals surface area contributed by atoms with Crippen molar-refractivity contribution in [3.8, 4) is 5.75 Å². The summed E-state index contributed by atoms with van der Waals surface area (Å²) in [6, 6.07) is 6.22. The molecule has 1 aromatic heterocycles. The van der Waals surface area contributed by atoms with Gasteiger partial charge in [0.05, 0.1) is 13.3 Å². The summed E-state index contributed by atoms with van der Waals surface area (Å²) in [5.41, 5.74) is 1.73. The maximum atomic E-state index is 13.2. The first-order valence-corrected chi connectivity index (χ1v) is 5.55. The average Bonchev–Trinajstić information content (AvgIpc) is 2.41. The van der Waals surface area contributed by atoms with Gasteiger partial charge in [0.2, 0.25) is 0 Å². The van der Waals surface area contributed by atoms with Gasteiger partial charge in [-0.15, -0.1) is 0 Å². The fraction of sp³-hybridized carbons (Fsp3) is 0.214. The van der Waals surface area contributed by atoms with Crippen molar-refractivity contribution in [3.63, 3.8) is 0 Å². The zero-order chi connectivity index (χ0) is 13.1. The number of ether oxygens (including phenoxy) is 1. The molecule has 0 radical (unpaired) electrons. The van der Waals surface area contributed by atoms with Crippen LogP contribution in [0.1, 0.15) is 22.8 Å². The van der Waals surface area contributed by atoms with E-state index in [1.165, 1.54) is 19.4 Å². The number of methoxy groups -OCH3 is 1. The number of pyridine rings is 1. The van der Waals surface area contributed by atoms with E-state index in [0.29, 0.717) is 22.4 Å². The third-order valence-corrected chi connectivity index (χ3v) is 2.83. The zero-order valence-corrected chi connectivity index (χ0v) is 10.2. The van der Waals surface area contributed by atoms with Crippen molar-refractivity contribution in [2.75, 3.05) is 7.11 Å². The van der Waals surface area contributed by atoms with Crippen LogP contribution in [0.4, 0.5) is 4.39 Å². The molecule has 1 aromatic carbocycles. The Balaban J connectivity index is 2.41. The van der Waals surface area contributed by atoms with Crippen LogP contribution in [0.15, 0.2) is 36.7 Å². The quantitative estimate of drug-likeness (QED) is 0.906. The summed E-state index contributed by atoms with van der Waals surface area (Å²) in [6.45, 7) is 1.66. The van der Waals surface area contributed by atoms with E-state index in [2.05, 4.69) is 4.98 Å². The summed E-state index contributed by atoms with van der Waals surface area (Å²) < 4.78 is 18.3. The summed E-state index contributed by atoms with van der Waals surface area (Å²) in [5.74, 6) is 0.222. The van der Waals surface area contributed by atoms with Crippen LogP contribution >= 0.6 is 0 Å². The number of halogens is 1. The van der Waals surface area contributed by atoms with Crippen LogP contribution in [0.5, 0.6) is 5.75 Å². The number of aliphatic hydroxyl groups is 1. The van der Waals surface area contributed by atoms with Crippen LogP contribution in [0.25, 0.3) is 0 Å². The first kappa shape index (κ1) is 12.5. The minimum Gasteiger partial charge on any atom is -0.495 e. The Morgan fingerprint density at radius 3 is 2.78 bits per heavy atom. The van der Waals surface area contributed by atoms with Crippen molar-refractivity contribution in [3.05, 3.63) is 59.2 Å². The molecule has 0 spiro atoms. The fourth-order valence-electron chi connectivity index (χ4n) is 1.80. The van der Waals surface area contributed by atoms with Gasteiger partial charge in [0, 0.05) is 11.8 Å². The number of aromatic nitrogens is 1. The predicted molar refractivity (Wildman–Crippen MR) is 66.0 cm³/mol. The molecule has 3 nitrogen and oxygen atoms in total. The predicted octanol–water partition coefficient (Wildman–Crippen LogP) is 2.62. The van der Waals surface area contributed by atoms with Gasteiger partial charge in [-0.1, -0.05) is 12.1 Å². The molecule has 1 N–H and O–H groups in total. The Morgan fingerprint density at radius 2 is 2.11 bits per heavy atom. The van der Waals surface area contributed by atoms with Gasteiger partial charge in [-0.05, 0) is 30.2 Å². The van der Waals surface area contributed by atoms with Gasteiger partial charge in [0.25, 0.3) is 0 Å². The molecule has 2 rings (SSSR count). The largest absolute Gasteiger partial charge is 0.495 e. The second kappa shape index (κ2) is 5.14. The van der Waals surface area contributed by atoms with E-state index in [1.54, 1.807) is 31.3 Å². The Hall–Kier alpha value is -1.94. The van der Waals surface area contributed by atoms with E-state index >= 15 is 0 Å². The first-order chi connectivity index (χ1) is 8.63. The van der Waals surface area contributed by atoms with Crippen LogP contribution in [0.2, 0.25) is 0 Å². The standard InChI is InChI=1S/C14H14FNO2/c1-9-7-10(3-4-12(9)15)14(17)11-5-6-16-8-13(11)18-2/h3-8,14,17H,1-2H3. The van der Waals surface area contributed by atoms with E-state index in [1.807, 2.05) is 0 Å². The molecule has 94 valence electrons. The van der Waals surface area contributed by atoms with E-state index in [4.69, 9.17) is 4.74 Å². The third kappa shape index (κ3) is 2.33. The number of hydrogen-bond acceptors (Lipinski definition) is 3. The Kier molecular flexibility index (Phi) is 3.58. The van der Waals surface area contributed by atoms with Gasteiger partial charge in [-0.25, -0.2) is 4.39 Å². The number of nitrogens with zero attached hydrogens (tertiary/aromatic N) is 1. The summed E-state index contributed by atoms with van der Waals surface area (Å²) in [7, 11) is 1.52. The highest BCUT2D eigenvalue weighted by molar-refractivity contribution is 5.39. The smallest absolute Gasteiger partial charge is 0.143 e. The minimum atomic E-state index is -0.859. The molecule has 0 fully saturated rings. The van der Waals surface area contributed by atoms with Gasteiger partial charge < -0.3 is 9.84 Å². The topological polar surface area (TPSA) is 42.4 Å². The summed E-state index contributed by atoms with van der Waals surface area (Å²) in [6.07, 6.45) is 2.26. The van der Waals surface area contributed by atoms with E-state index in [9.17, 15) is 9.50 Å². The molecular weight excluding hydrogens is 233 g/mol. The zero-order valence-electron chi connectivity index (χ0n) is 10.2. The molecule has 1 atom stereocenters. The highest BCUT2D eigenvalue weighted by atomic mass is 19.1. The maximum Gasteiger partial charge on any atom is 0.143 e. The second-order valence-electron chi connectivity index (χ2n) is 4.03. The lowest BCUT2D eigenvalue weighted by Crippen LogP contribution is -2.03. The minimum absolute atomic E-state index is 0.285. The van der Waals surface area contributed by atoms with E-state index < -0.39 is 6.10 Å². The van der Waals surface area contributed by atoms with Crippen molar-refractivity contribution >= 4 is 0 Å². The summed E-state index contributed by atoms with van der Waals surface area (Å²) >= 11 is 0. The Morgan fingerprint density at radius 1 is 1.33 bits per heavy atom. The number of aliphatic hydroxyl groups excluding tert-OH is 1. The van der Waals surface area contributed by atoms with Crippen LogP contribution in [0.3, 0.4) is 0 Å². The van der Waals surface area contributed by atoms with Crippen molar-refractivity contribution in [2.45, 2.75) is 13.0 Å². The molecule has 0 saturated heterocycles. The van der Waals surface area contributed by atoms with Crippen LogP contribution in [-0.4, -0.2) is 17.2 Å². The molecule has 0 aliphatic carbocycles. The molecule has 0 aliphatic heterocycles. The highest BCUT2D eigenvalue weighted by Gasteiger charge is 2.16. The molecule has 0 aliphatic rings. The number of hydrogen-bond donors (Lipinski definition) is 1. The highest BCUT2D eigenvalue weighted by Crippen LogP contribution is 2.29. The number of aryl methyl sites for hydroxylation is 1. The SMILES string of the molecule is COc1cnccc1C(O)c1ccc(F)c(C)c1. The van der Waals surface area contributed by atoms with E-state index in [0.717, 1.165) is 0 Å². The molecule has 1 heterocycles. The maximum absolute atomic E-state index is 13.2. The molecule has 18 heavy (non-hydrogen) atoms. The lowest BCUT2D eigenvalue weighted by atomic mass is 10.00. The number of rotatable bonds is 3. The fourth-order valence-corrected chi connectivity index (χ4v) is 1.80. The van der Waals surface area contributed by atoms with Gasteiger partial charge >= 0.3 is 0 Å². The summed E-state index contributed by atoms with van der Waals surface area (Å²) in [5, 5.41) is 10.3. The molecule has 0 saturated carbocycles. The summed E-state index contributed by atoms with van der Waals surface area (Å²) in [4.78, 5) is 3.93. The van der Waals surface area contributed by atoms with Gasteiger partial charge in [0.15, 0.2) is 0 Å². The molecule has 1 unspecified atom stereocenters. The van der Waals surface area contributed by atoms with Crippen molar-refractivity contribution in [1.29, 1.82) is 0 Å². The van der Waals surface area contributed by atoms with Crippen molar-refractivity contribution < 1.29 is 14.2 Å². The monoisotopic (exact) mass is 247 g/mol. The van der Waals surface area contributed by atoms with Gasteiger partial charge in [-0.2, -0.15) is 0 Å². The molecular formula is C14H14FNO2. The normalized spacial score (nSPS) is 12.2. The van der Waals surface area contributed by atoms with Gasteiger partial charge in [-0.3, -0.25) is 4.98 Å². The van der Waals surface area contributed by atoms with Gasteiger partial charge in [0.1, 0.15) is 17.7 Å². The first-order valence-electron chi connectivity index (χ1n) is 5.55. The Labute approximate surface area is 105 Å². The van der Waals surface area contributed by atoms with Crippen LogP contribution < -0.4 is 4.74 Å². The van der Waals surface area contributed by atoms with E-state index in [-0.39, 0.29) is 5.82 Å². The Bertz CT molecular complexity index is 557. The molecule has 2 aromatic rings. The second-order valence-corrected chi connectivity index (χ2v) is 4.03. The van der Waals surface area contributed by atoms with Crippen molar-refractivity contribution in [1.82, 2.24) is 4.98 Å². The van der Waals surface area contributed by atoms with Crippen molar-refractivity contribution in [2.24, 2.45) is 0 Å². The van der Waals surface area contributed by atoms with Crippen LogP contribution in [-0.2, 0) is 0 Å². The lowest BCUT2D eigenvalue weighted by molar-refractivity contribution is 0.214. The number of benzene rings is 1. The lowest BCUT2D eigenvalue weighted by Gasteiger charge is -2.15. The molecule has 0 bridgehead atoms. The van der Waals surface area contributed by atoms with Crippen LogP contribution in [0, 0.1) is 12.7 Å². The average molecular weight is 247 g/mol. The molecule has 0 amide bonds. The molecule has 4 heteroatoms. The third-order valence-electron chi connectivity index (χ3n) is 2.83.